The van der Waals surface area contributed by atoms with E-state index in [1.165, 1.54) is 0 Å². The summed E-state index contributed by atoms with van der Waals surface area (Å²) in [6.45, 7) is 5.84. The summed E-state index contributed by atoms with van der Waals surface area (Å²) in [5.74, 6) is -1.28. The summed E-state index contributed by atoms with van der Waals surface area (Å²) >= 11 is 0. The highest BCUT2D eigenvalue weighted by atomic mass is 16.5. The van der Waals surface area contributed by atoms with Crippen LogP contribution in [0.15, 0.2) is 0 Å². The molecule has 0 heterocycles. The highest BCUT2D eigenvalue weighted by Gasteiger charge is 2.46. The van der Waals surface area contributed by atoms with Crippen LogP contribution in [0, 0.1) is 11.8 Å². The summed E-state index contributed by atoms with van der Waals surface area (Å²) in [5, 5.41) is 0. The molecular weight excluding hydrogens is 256 g/mol. The third-order valence-electron chi connectivity index (χ3n) is 4.24. The molecule has 1 atom stereocenters. The van der Waals surface area contributed by atoms with Gasteiger partial charge < -0.3 is 9.47 Å². The van der Waals surface area contributed by atoms with Gasteiger partial charge in [0, 0.05) is 7.11 Å². The Morgan fingerprint density at radius 2 is 1.65 bits per heavy atom. The maximum atomic E-state index is 12.9. The molecule has 1 rings (SSSR count). The number of carbonyl (C=O) groups is 2. The molecule has 0 aromatic rings. The molecule has 0 aliphatic heterocycles. The van der Waals surface area contributed by atoms with Crippen molar-refractivity contribution in [3.05, 3.63) is 0 Å². The molecule has 1 fully saturated rings. The van der Waals surface area contributed by atoms with Crippen LogP contribution >= 0.6 is 0 Å². The van der Waals surface area contributed by atoms with Crippen molar-refractivity contribution in [3.63, 3.8) is 0 Å². The van der Waals surface area contributed by atoms with Gasteiger partial charge in [0.2, 0.25) is 0 Å². The predicted molar refractivity (Wildman–Crippen MR) is 77.4 cm³/mol. The van der Waals surface area contributed by atoms with E-state index in [0.717, 1.165) is 25.7 Å². The van der Waals surface area contributed by atoms with Crippen LogP contribution in [0.5, 0.6) is 0 Å². The van der Waals surface area contributed by atoms with Crippen LogP contribution in [-0.4, -0.2) is 31.1 Å². The number of hydrogen-bond donors (Lipinski definition) is 0. The molecule has 4 nitrogen and oxygen atoms in total. The first-order chi connectivity index (χ1) is 9.48. The lowest BCUT2D eigenvalue weighted by molar-refractivity contribution is -0.162. The normalized spacial score (nSPS) is 20.2. The zero-order valence-electron chi connectivity index (χ0n) is 13.2. The van der Waals surface area contributed by atoms with Crippen LogP contribution in [-0.2, 0) is 19.1 Å². The van der Waals surface area contributed by atoms with Crippen LogP contribution in [0.2, 0.25) is 0 Å². The number of Topliss-reactive ketones (excluding diaryl/α,β-unsaturated/α-hetero) is 1. The minimum absolute atomic E-state index is 0.0724. The van der Waals surface area contributed by atoms with Crippen molar-refractivity contribution in [1.29, 1.82) is 0 Å². The average molecular weight is 284 g/mol. The third-order valence-corrected chi connectivity index (χ3v) is 4.24. The Morgan fingerprint density at radius 3 is 2.05 bits per heavy atom. The molecule has 0 spiro atoms. The van der Waals surface area contributed by atoms with E-state index in [-0.39, 0.29) is 11.7 Å². The molecule has 1 aliphatic rings. The molecule has 1 unspecified atom stereocenters. The molecule has 4 heteroatoms. The zero-order valence-corrected chi connectivity index (χ0v) is 13.2. The molecule has 0 aromatic carbocycles. The predicted octanol–water partition coefficient (Wildman–Crippen LogP) is 3.13. The summed E-state index contributed by atoms with van der Waals surface area (Å²) in [4.78, 5) is 25.1. The summed E-state index contributed by atoms with van der Waals surface area (Å²) in [6, 6.07) is 0. The van der Waals surface area contributed by atoms with E-state index < -0.39 is 17.5 Å². The number of ether oxygens (including phenoxy) is 2. The number of carbonyl (C=O) groups excluding carboxylic acids is 2. The second-order valence-corrected chi connectivity index (χ2v) is 5.95. The number of rotatable bonds is 6. The van der Waals surface area contributed by atoms with E-state index in [4.69, 9.17) is 9.47 Å². The van der Waals surface area contributed by atoms with Crippen molar-refractivity contribution in [2.24, 2.45) is 11.8 Å². The van der Waals surface area contributed by atoms with Crippen LogP contribution in [0.25, 0.3) is 0 Å². The molecule has 0 amide bonds. The average Bonchev–Trinajstić information content (AvgIpc) is 2.64. The molecule has 1 aliphatic carbocycles. The molecular formula is C16H28O4. The summed E-state index contributed by atoms with van der Waals surface area (Å²) < 4.78 is 10.7. The van der Waals surface area contributed by atoms with Gasteiger partial charge in [-0.25, -0.2) is 0 Å². The van der Waals surface area contributed by atoms with Crippen LogP contribution in [0.1, 0.15) is 59.3 Å². The monoisotopic (exact) mass is 284 g/mol. The summed E-state index contributed by atoms with van der Waals surface area (Å²) in [6.07, 6.45) is 5.64. The van der Waals surface area contributed by atoms with Crippen LogP contribution in [0.3, 0.4) is 0 Å². The lowest BCUT2D eigenvalue weighted by Gasteiger charge is -2.33. The van der Waals surface area contributed by atoms with E-state index in [0.29, 0.717) is 19.4 Å². The van der Waals surface area contributed by atoms with Gasteiger partial charge in [0.25, 0.3) is 0 Å². The van der Waals surface area contributed by atoms with Gasteiger partial charge in [0.15, 0.2) is 5.78 Å². The first-order valence-electron chi connectivity index (χ1n) is 7.74. The van der Waals surface area contributed by atoms with Crippen LogP contribution < -0.4 is 0 Å². The van der Waals surface area contributed by atoms with Gasteiger partial charge in [-0.2, -0.15) is 0 Å². The smallest absolute Gasteiger partial charge is 0.316 e. The number of methoxy groups -OCH3 is 1. The molecule has 20 heavy (non-hydrogen) atoms. The standard InChI is InChI=1S/C16H28O4/c1-5-20-15(18)13(12(2)3)14(17)16(19-4)10-8-6-7-9-11-16/h12-13H,5-11H2,1-4H3. The molecule has 0 N–H and O–H groups in total. The second-order valence-electron chi connectivity index (χ2n) is 5.95. The van der Waals surface area contributed by atoms with Crippen molar-refractivity contribution in [1.82, 2.24) is 0 Å². The molecule has 116 valence electrons. The molecule has 0 bridgehead atoms. The first kappa shape index (κ1) is 17.2. The van der Waals surface area contributed by atoms with Crippen molar-refractivity contribution in [3.8, 4) is 0 Å². The van der Waals surface area contributed by atoms with Gasteiger partial charge in [0.1, 0.15) is 11.5 Å². The maximum absolute atomic E-state index is 12.9. The van der Waals surface area contributed by atoms with Crippen molar-refractivity contribution in [2.45, 2.75) is 64.9 Å². The molecule has 1 saturated carbocycles. The Labute approximate surface area is 122 Å². The Bertz CT molecular complexity index is 327. The third kappa shape index (κ3) is 3.81. The SMILES string of the molecule is CCOC(=O)C(C(=O)C1(OC)CCCCCC1)C(C)C. The van der Waals surface area contributed by atoms with Gasteiger partial charge >= 0.3 is 5.97 Å². The van der Waals surface area contributed by atoms with Gasteiger partial charge in [-0.3, -0.25) is 9.59 Å². The Balaban J connectivity index is 2.98. The fourth-order valence-corrected chi connectivity index (χ4v) is 3.05. The van der Waals surface area contributed by atoms with Gasteiger partial charge in [-0.1, -0.05) is 39.5 Å². The maximum Gasteiger partial charge on any atom is 0.316 e. The minimum Gasteiger partial charge on any atom is -0.465 e. The van der Waals surface area contributed by atoms with E-state index in [1.54, 1.807) is 14.0 Å². The lowest BCUT2D eigenvalue weighted by Crippen LogP contribution is -2.48. The van der Waals surface area contributed by atoms with Gasteiger partial charge in [-0.15, -0.1) is 0 Å². The fourth-order valence-electron chi connectivity index (χ4n) is 3.05. The topological polar surface area (TPSA) is 52.6 Å². The summed E-state index contributed by atoms with van der Waals surface area (Å²) in [7, 11) is 1.59. The number of esters is 1. The summed E-state index contributed by atoms with van der Waals surface area (Å²) in [5.41, 5.74) is -0.793. The highest BCUT2D eigenvalue weighted by Crippen LogP contribution is 2.35. The van der Waals surface area contributed by atoms with E-state index in [1.807, 2.05) is 13.8 Å². The highest BCUT2D eigenvalue weighted by molar-refractivity contribution is 6.03. The van der Waals surface area contributed by atoms with E-state index >= 15 is 0 Å². The van der Waals surface area contributed by atoms with E-state index in [9.17, 15) is 9.59 Å². The molecule has 0 radical (unpaired) electrons. The zero-order chi connectivity index (χ0) is 15.2. The Morgan fingerprint density at radius 1 is 1.10 bits per heavy atom. The Kier molecular flexibility index (Phi) is 6.66. The van der Waals surface area contributed by atoms with Crippen molar-refractivity contribution in [2.75, 3.05) is 13.7 Å². The number of ketones is 1. The van der Waals surface area contributed by atoms with E-state index in [2.05, 4.69) is 0 Å². The molecule has 0 saturated heterocycles. The van der Waals surface area contributed by atoms with Crippen molar-refractivity contribution >= 4 is 11.8 Å². The quantitative estimate of drug-likeness (QED) is 0.427. The largest absolute Gasteiger partial charge is 0.465 e. The van der Waals surface area contributed by atoms with Gasteiger partial charge in [0.05, 0.1) is 6.61 Å². The first-order valence-corrected chi connectivity index (χ1v) is 7.74. The van der Waals surface area contributed by atoms with Crippen LogP contribution in [0.4, 0.5) is 0 Å². The van der Waals surface area contributed by atoms with Gasteiger partial charge in [-0.05, 0) is 25.7 Å². The Hall–Kier alpha value is -0.900. The molecule has 0 aromatic heterocycles. The lowest BCUT2D eigenvalue weighted by atomic mass is 9.78. The number of hydrogen-bond acceptors (Lipinski definition) is 4. The minimum atomic E-state index is -0.793. The fraction of sp³-hybridized carbons (Fsp3) is 0.875. The second kappa shape index (κ2) is 7.77. The van der Waals surface area contributed by atoms with Crippen molar-refractivity contribution < 1.29 is 19.1 Å².